The molecule has 190 valence electrons. The fourth-order valence-electron chi connectivity index (χ4n) is 5.08. The number of para-hydroxylation sites is 1. The number of anilines is 1. The summed E-state index contributed by atoms with van der Waals surface area (Å²) in [4.78, 5) is 46.6. The molecule has 1 atom stereocenters. The van der Waals surface area contributed by atoms with E-state index in [4.69, 9.17) is 14.5 Å². The van der Waals surface area contributed by atoms with E-state index < -0.39 is 17.9 Å². The molecule has 2 aliphatic heterocycles. The molecule has 8 heteroatoms. The van der Waals surface area contributed by atoms with Gasteiger partial charge in [-0.2, -0.15) is 0 Å². The van der Waals surface area contributed by atoms with Crippen LogP contribution in [0.4, 0.5) is 5.69 Å². The van der Waals surface area contributed by atoms with Crippen molar-refractivity contribution >= 4 is 40.0 Å². The molecule has 3 heterocycles. The molecule has 0 radical (unpaired) electrons. The predicted octanol–water partition coefficient (Wildman–Crippen LogP) is 5.03. The lowest BCUT2D eigenvalue weighted by molar-refractivity contribution is -0.119. The van der Waals surface area contributed by atoms with E-state index in [1.807, 2.05) is 44.2 Å². The summed E-state index contributed by atoms with van der Waals surface area (Å²) >= 11 is 0. The fraction of sp³-hybridized carbons (Fsp3) is 0.200. The van der Waals surface area contributed by atoms with E-state index in [0.717, 1.165) is 16.5 Å². The molecule has 0 spiro atoms. The lowest BCUT2D eigenvalue weighted by Crippen LogP contribution is -2.43. The maximum absolute atomic E-state index is 14.2. The van der Waals surface area contributed by atoms with Gasteiger partial charge in [-0.25, -0.2) is 4.90 Å². The Morgan fingerprint density at radius 1 is 1.00 bits per heavy atom. The molecule has 2 amide bonds. The van der Waals surface area contributed by atoms with E-state index in [-0.39, 0.29) is 19.1 Å². The zero-order valence-corrected chi connectivity index (χ0v) is 21.0. The Morgan fingerprint density at radius 3 is 2.47 bits per heavy atom. The van der Waals surface area contributed by atoms with Gasteiger partial charge in [0.05, 0.1) is 11.2 Å². The Morgan fingerprint density at radius 2 is 1.71 bits per heavy atom. The second kappa shape index (κ2) is 9.30. The summed E-state index contributed by atoms with van der Waals surface area (Å²) in [5.74, 6) is 0.0677. The first-order chi connectivity index (χ1) is 18.5. The van der Waals surface area contributed by atoms with Crippen LogP contribution in [-0.4, -0.2) is 40.8 Å². The number of carbonyl (C=O) groups excluding carboxylic acids is 3. The summed E-state index contributed by atoms with van der Waals surface area (Å²) in [6, 6.07) is 18.8. The van der Waals surface area contributed by atoms with Crippen molar-refractivity contribution in [1.82, 2.24) is 4.57 Å². The van der Waals surface area contributed by atoms with Crippen LogP contribution in [0.25, 0.3) is 10.9 Å². The molecule has 8 nitrogen and oxygen atoms in total. The van der Waals surface area contributed by atoms with Gasteiger partial charge in [-0.3, -0.25) is 23.9 Å². The normalized spacial score (nSPS) is 16.3. The van der Waals surface area contributed by atoms with Gasteiger partial charge in [-0.05, 0) is 36.8 Å². The van der Waals surface area contributed by atoms with Crippen LogP contribution in [0.15, 0.2) is 77.9 Å². The minimum absolute atomic E-state index is 0.0397. The first-order valence-corrected chi connectivity index (χ1v) is 12.5. The topological polar surface area (TPSA) is 90.2 Å². The Kier molecular flexibility index (Phi) is 5.79. The SMILES string of the molecule is CCC(=O)n1cc(CC2N=C(C)c3cc4c(cc3N(C(=O)c3ccccc3)C2=O)OCO4)c2ccccc21. The molecule has 6 rings (SSSR count). The smallest absolute Gasteiger partial charge is 0.265 e. The lowest BCUT2D eigenvalue weighted by Gasteiger charge is -2.24. The fourth-order valence-corrected chi connectivity index (χ4v) is 5.08. The molecule has 0 N–H and O–H groups in total. The first kappa shape index (κ1) is 23.7. The van der Waals surface area contributed by atoms with Gasteiger partial charge in [0.25, 0.3) is 11.8 Å². The number of imide groups is 1. The second-order valence-corrected chi connectivity index (χ2v) is 9.29. The number of fused-ring (bicyclic) bond motifs is 3. The Hall–Kier alpha value is -4.72. The number of hydrogen-bond donors (Lipinski definition) is 0. The number of aromatic nitrogens is 1. The highest BCUT2D eigenvalue weighted by molar-refractivity contribution is 6.26. The van der Waals surface area contributed by atoms with Crippen molar-refractivity contribution in [1.29, 1.82) is 0 Å². The molecular formula is C30H25N3O5. The zero-order chi connectivity index (χ0) is 26.4. The molecule has 0 saturated heterocycles. The van der Waals surface area contributed by atoms with Crippen molar-refractivity contribution in [2.45, 2.75) is 32.7 Å². The van der Waals surface area contributed by atoms with Crippen LogP contribution >= 0.6 is 0 Å². The molecule has 0 bridgehead atoms. The maximum atomic E-state index is 14.2. The van der Waals surface area contributed by atoms with E-state index in [2.05, 4.69) is 0 Å². The van der Waals surface area contributed by atoms with Crippen molar-refractivity contribution in [2.75, 3.05) is 11.7 Å². The standard InChI is InChI=1S/C30H25N3O5/c1-3-28(34)32-16-20(21-11-7-8-12-24(21)32)13-23-30(36)33(29(35)19-9-5-4-6-10-19)25-15-27-26(37-17-38-27)14-22(25)18(2)31-23/h4-12,14-16,23H,3,13,17H2,1-2H3. The summed E-state index contributed by atoms with van der Waals surface area (Å²) in [5, 5.41) is 0.874. The Labute approximate surface area is 219 Å². The molecule has 2 aliphatic rings. The van der Waals surface area contributed by atoms with Crippen LogP contribution in [0.5, 0.6) is 11.5 Å². The summed E-state index contributed by atoms with van der Waals surface area (Å²) in [6.45, 7) is 3.70. The van der Waals surface area contributed by atoms with Crippen LogP contribution in [0, 0.1) is 0 Å². The lowest BCUT2D eigenvalue weighted by atomic mass is 10.0. The highest BCUT2D eigenvalue weighted by atomic mass is 16.7. The second-order valence-electron chi connectivity index (χ2n) is 9.29. The quantitative estimate of drug-likeness (QED) is 0.362. The van der Waals surface area contributed by atoms with Gasteiger partial charge in [-0.1, -0.05) is 43.3 Å². The number of amides is 2. The van der Waals surface area contributed by atoms with Crippen LogP contribution in [0.3, 0.4) is 0 Å². The molecular weight excluding hydrogens is 482 g/mol. The number of hydrogen-bond acceptors (Lipinski definition) is 6. The van der Waals surface area contributed by atoms with Crippen molar-refractivity contribution in [3.63, 3.8) is 0 Å². The minimum atomic E-state index is -0.886. The van der Waals surface area contributed by atoms with Crippen molar-refractivity contribution < 1.29 is 23.9 Å². The van der Waals surface area contributed by atoms with Gasteiger partial charge >= 0.3 is 0 Å². The third-order valence-corrected chi connectivity index (χ3v) is 6.98. The Balaban J connectivity index is 1.48. The summed E-state index contributed by atoms with van der Waals surface area (Å²) < 4.78 is 12.8. The number of aliphatic imine (C=N–C) groups is 1. The van der Waals surface area contributed by atoms with Gasteiger partial charge in [0.1, 0.15) is 6.04 Å². The van der Waals surface area contributed by atoms with Crippen molar-refractivity contribution in [3.8, 4) is 11.5 Å². The molecule has 4 aromatic rings. The van der Waals surface area contributed by atoms with E-state index in [9.17, 15) is 14.4 Å². The van der Waals surface area contributed by atoms with E-state index in [1.54, 1.807) is 47.2 Å². The third-order valence-electron chi connectivity index (χ3n) is 6.98. The molecule has 3 aromatic carbocycles. The summed E-state index contributed by atoms with van der Waals surface area (Å²) in [7, 11) is 0. The van der Waals surface area contributed by atoms with Gasteiger partial charge in [0, 0.05) is 47.3 Å². The molecule has 1 unspecified atom stereocenters. The first-order valence-electron chi connectivity index (χ1n) is 12.5. The molecule has 0 saturated carbocycles. The molecule has 38 heavy (non-hydrogen) atoms. The third kappa shape index (κ3) is 3.85. The van der Waals surface area contributed by atoms with Crippen molar-refractivity contribution in [3.05, 3.63) is 89.6 Å². The van der Waals surface area contributed by atoms with Crippen LogP contribution < -0.4 is 14.4 Å². The summed E-state index contributed by atoms with van der Waals surface area (Å²) in [6.07, 6.45) is 2.35. The van der Waals surface area contributed by atoms with E-state index in [0.29, 0.717) is 40.4 Å². The van der Waals surface area contributed by atoms with Gasteiger partial charge < -0.3 is 9.47 Å². The van der Waals surface area contributed by atoms with Crippen LogP contribution in [-0.2, 0) is 11.2 Å². The highest BCUT2D eigenvalue weighted by Crippen LogP contribution is 2.41. The predicted molar refractivity (Wildman–Crippen MR) is 143 cm³/mol. The van der Waals surface area contributed by atoms with Gasteiger partial charge in [0.2, 0.25) is 12.7 Å². The molecule has 1 aromatic heterocycles. The largest absolute Gasteiger partial charge is 0.454 e. The van der Waals surface area contributed by atoms with E-state index >= 15 is 0 Å². The molecule has 0 fully saturated rings. The van der Waals surface area contributed by atoms with Crippen molar-refractivity contribution in [2.24, 2.45) is 4.99 Å². The maximum Gasteiger partial charge on any atom is 0.265 e. The van der Waals surface area contributed by atoms with E-state index in [1.165, 1.54) is 4.90 Å². The number of nitrogens with zero attached hydrogens (tertiary/aromatic N) is 3. The highest BCUT2D eigenvalue weighted by Gasteiger charge is 2.37. The zero-order valence-electron chi connectivity index (χ0n) is 21.0. The van der Waals surface area contributed by atoms with Crippen LogP contribution in [0.1, 0.15) is 46.5 Å². The monoisotopic (exact) mass is 507 g/mol. The minimum Gasteiger partial charge on any atom is -0.454 e. The van der Waals surface area contributed by atoms with Gasteiger partial charge in [-0.15, -0.1) is 0 Å². The average Bonchev–Trinajstić information content (AvgIpc) is 3.54. The average molecular weight is 508 g/mol. The summed E-state index contributed by atoms with van der Waals surface area (Å²) in [5.41, 5.74) is 3.60. The number of ether oxygens (including phenoxy) is 2. The Bertz CT molecular complexity index is 1640. The number of carbonyl (C=O) groups is 3. The number of rotatable bonds is 4. The number of benzene rings is 3. The van der Waals surface area contributed by atoms with Crippen LogP contribution in [0.2, 0.25) is 0 Å². The van der Waals surface area contributed by atoms with Gasteiger partial charge in [0.15, 0.2) is 11.5 Å². The molecule has 0 aliphatic carbocycles.